The van der Waals surface area contributed by atoms with Crippen molar-refractivity contribution in [3.63, 3.8) is 0 Å². The lowest BCUT2D eigenvalue weighted by Crippen LogP contribution is -1.86. The molecule has 0 nitrogen and oxygen atoms in total. The molecule has 2 heteroatoms. The van der Waals surface area contributed by atoms with E-state index in [1.165, 1.54) is 52.7 Å². The number of fused-ring (bicyclic) bond motifs is 7. The maximum atomic E-state index is 3.75. The van der Waals surface area contributed by atoms with Crippen LogP contribution in [0.3, 0.4) is 0 Å². The molecule has 0 bridgehead atoms. The summed E-state index contributed by atoms with van der Waals surface area (Å²) in [5.74, 6) is 0. The molecule has 0 heterocycles. The van der Waals surface area contributed by atoms with Crippen molar-refractivity contribution in [2.75, 3.05) is 0 Å². The molecule has 0 atom stereocenters. The average Bonchev–Trinajstić information content (AvgIpc) is 2.93. The maximum Gasteiger partial charge on any atom is 0.0257 e. The van der Waals surface area contributed by atoms with Crippen LogP contribution in [0.2, 0.25) is 0 Å². The van der Waals surface area contributed by atoms with E-state index >= 15 is 0 Å². The first-order valence-electron chi connectivity index (χ1n) is 7.64. The summed E-state index contributed by atoms with van der Waals surface area (Å²) < 4.78 is 2.37. The van der Waals surface area contributed by atoms with Crippen LogP contribution in [-0.4, -0.2) is 0 Å². The first-order valence-corrected chi connectivity index (χ1v) is 9.23. The van der Waals surface area contributed by atoms with Crippen molar-refractivity contribution < 1.29 is 0 Å². The third kappa shape index (κ3) is 1.88. The molecule has 0 saturated carbocycles. The molecule has 110 valence electrons. The second-order valence-electron chi connectivity index (χ2n) is 6.05. The van der Waals surface area contributed by atoms with Gasteiger partial charge in [-0.1, -0.05) is 80.4 Å². The van der Waals surface area contributed by atoms with Gasteiger partial charge in [-0.05, 0) is 62.4 Å². The minimum atomic E-state index is 0.998. The standard InChI is InChI=1S/C21H12Br2/c22-18-10-12-9-13-11-19(23)15-6-2-4-8-17(15)21(13)20(12)16-7-3-1-5-14(16)18/h1-8,10-11H,9H2. The van der Waals surface area contributed by atoms with Crippen molar-refractivity contribution in [1.82, 2.24) is 0 Å². The molecule has 0 spiro atoms. The van der Waals surface area contributed by atoms with Gasteiger partial charge in [-0.25, -0.2) is 0 Å². The molecular formula is C21H12Br2. The van der Waals surface area contributed by atoms with Gasteiger partial charge in [0.15, 0.2) is 0 Å². The number of halogens is 2. The van der Waals surface area contributed by atoms with Gasteiger partial charge in [-0.2, -0.15) is 0 Å². The second kappa shape index (κ2) is 4.93. The van der Waals surface area contributed by atoms with E-state index in [0.29, 0.717) is 0 Å². The summed E-state index contributed by atoms with van der Waals surface area (Å²) in [6.45, 7) is 0. The molecule has 4 aromatic rings. The summed E-state index contributed by atoms with van der Waals surface area (Å²) in [4.78, 5) is 0. The quantitative estimate of drug-likeness (QED) is 0.249. The van der Waals surface area contributed by atoms with Gasteiger partial charge in [-0.15, -0.1) is 0 Å². The molecule has 1 aliphatic rings. The Morgan fingerprint density at radius 2 is 0.957 bits per heavy atom. The van der Waals surface area contributed by atoms with Crippen LogP contribution in [0.25, 0.3) is 32.7 Å². The normalized spacial score (nSPS) is 12.6. The van der Waals surface area contributed by atoms with Crippen LogP contribution < -0.4 is 0 Å². The first kappa shape index (κ1) is 13.8. The third-order valence-electron chi connectivity index (χ3n) is 4.78. The van der Waals surface area contributed by atoms with Crippen LogP contribution in [0.5, 0.6) is 0 Å². The van der Waals surface area contributed by atoms with Gasteiger partial charge >= 0.3 is 0 Å². The van der Waals surface area contributed by atoms with Gasteiger partial charge < -0.3 is 0 Å². The minimum Gasteiger partial charge on any atom is -0.0616 e. The van der Waals surface area contributed by atoms with E-state index in [9.17, 15) is 0 Å². The van der Waals surface area contributed by atoms with Crippen molar-refractivity contribution >= 4 is 53.4 Å². The van der Waals surface area contributed by atoms with Gasteiger partial charge in [-0.3, -0.25) is 0 Å². The van der Waals surface area contributed by atoms with E-state index in [0.717, 1.165) is 6.42 Å². The minimum absolute atomic E-state index is 0.998. The lowest BCUT2D eigenvalue weighted by Gasteiger charge is -2.12. The van der Waals surface area contributed by atoms with E-state index in [2.05, 4.69) is 92.5 Å². The van der Waals surface area contributed by atoms with Crippen molar-refractivity contribution in [2.45, 2.75) is 6.42 Å². The van der Waals surface area contributed by atoms with E-state index in [1.807, 2.05) is 0 Å². The van der Waals surface area contributed by atoms with Crippen LogP contribution in [0.15, 0.2) is 69.6 Å². The third-order valence-corrected chi connectivity index (χ3v) is 6.09. The van der Waals surface area contributed by atoms with Crippen molar-refractivity contribution in [1.29, 1.82) is 0 Å². The highest BCUT2D eigenvalue weighted by molar-refractivity contribution is 9.11. The van der Waals surface area contributed by atoms with Gasteiger partial charge in [0, 0.05) is 8.95 Å². The Bertz CT molecular complexity index is 1020. The highest BCUT2D eigenvalue weighted by atomic mass is 79.9. The van der Waals surface area contributed by atoms with E-state index in [1.54, 1.807) is 0 Å². The first-order chi connectivity index (χ1) is 11.2. The molecule has 23 heavy (non-hydrogen) atoms. The summed E-state index contributed by atoms with van der Waals surface area (Å²) >= 11 is 7.50. The summed E-state index contributed by atoms with van der Waals surface area (Å²) in [6.07, 6.45) is 0.998. The van der Waals surface area contributed by atoms with Crippen LogP contribution in [0.1, 0.15) is 11.1 Å². The monoisotopic (exact) mass is 422 g/mol. The van der Waals surface area contributed by atoms with Crippen molar-refractivity contribution in [3.8, 4) is 11.1 Å². The summed E-state index contributed by atoms with van der Waals surface area (Å²) in [6, 6.07) is 21.9. The van der Waals surface area contributed by atoms with E-state index < -0.39 is 0 Å². The van der Waals surface area contributed by atoms with E-state index in [4.69, 9.17) is 0 Å². The molecule has 1 aliphatic carbocycles. The maximum absolute atomic E-state index is 3.75. The number of rotatable bonds is 0. The molecule has 0 unspecified atom stereocenters. The fraction of sp³-hybridized carbons (Fsp3) is 0.0476. The zero-order valence-electron chi connectivity index (χ0n) is 12.2. The largest absolute Gasteiger partial charge is 0.0616 e. The Morgan fingerprint density at radius 1 is 0.565 bits per heavy atom. The van der Waals surface area contributed by atoms with Crippen molar-refractivity contribution in [2.24, 2.45) is 0 Å². The predicted molar refractivity (Wildman–Crippen MR) is 105 cm³/mol. The lowest BCUT2D eigenvalue weighted by atomic mass is 9.94. The van der Waals surface area contributed by atoms with Gasteiger partial charge in [0.2, 0.25) is 0 Å². The Balaban J connectivity index is 2.01. The van der Waals surface area contributed by atoms with Gasteiger partial charge in [0.05, 0.1) is 0 Å². The van der Waals surface area contributed by atoms with Crippen molar-refractivity contribution in [3.05, 3.63) is 80.7 Å². The van der Waals surface area contributed by atoms with Gasteiger partial charge in [0.1, 0.15) is 0 Å². The zero-order chi connectivity index (χ0) is 15.6. The Hall–Kier alpha value is -1.64. The second-order valence-corrected chi connectivity index (χ2v) is 7.76. The molecule has 0 aromatic heterocycles. The summed E-state index contributed by atoms with van der Waals surface area (Å²) in [5, 5.41) is 5.24. The van der Waals surface area contributed by atoms with Crippen LogP contribution >= 0.6 is 31.9 Å². The highest BCUT2D eigenvalue weighted by Gasteiger charge is 2.24. The smallest absolute Gasteiger partial charge is 0.0257 e. The Morgan fingerprint density at radius 3 is 1.39 bits per heavy atom. The van der Waals surface area contributed by atoms with Gasteiger partial charge in [0.25, 0.3) is 0 Å². The SMILES string of the molecule is Brc1cc2c(c3ccccc13)-c1c(cc(Br)c3ccccc13)C2. The molecule has 0 N–H and O–H groups in total. The number of benzene rings is 4. The van der Waals surface area contributed by atoms with E-state index in [-0.39, 0.29) is 0 Å². The fourth-order valence-corrected chi connectivity index (χ4v) is 5.09. The zero-order valence-corrected chi connectivity index (χ0v) is 15.4. The molecule has 5 rings (SSSR count). The van der Waals surface area contributed by atoms with Crippen LogP contribution in [0.4, 0.5) is 0 Å². The topological polar surface area (TPSA) is 0 Å². The summed E-state index contributed by atoms with van der Waals surface area (Å²) in [7, 11) is 0. The highest BCUT2D eigenvalue weighted by Crippen LogP contribution is 2.48. The fourth-order valence-electron chi connectivity index (χ4n) is 3.84. The van der Waals surface area contributed by atoms with Crippen LogP contribution in [-0.2, 0) is 6.42 Å². The molecule has 0 saturated heterocycles. The average molecular weight is 424 g/mol. The van der Waals surface area contributed by atoms with Crippen LogP contribution in [0, 0.1) is 0 Å². The lowest BCUT2D eigenvalue weighted by molar-refractivity contribution is 1.26. The Kier molecular flexibility index (Phi) is 2.95. The molecule has 0 radical (unpaired) electrons. The molecule has 0 fully saturated rings. The number of hydrogen-bond acceptors (Lipinski definition) is 0. The Labute approximate surface area is 151 Å². The molecule has 4 aromatic carbocycles. The molecule has 0 aliphatic heterocycles. The number of hydrogen-bond donors (Lipinski definition) is 0. The summed E-state index contributed by atoms with van der Waals surface area (Å²) in [5.41, 5.74) is 5.63. The molecular weight excluding hydrogens is 412 g/mol. The molecule has 0 amide bonds. The predicted octanol–water partition coefficient (Wildman–Crippen LogP) is 7.09.